The van der Waals surface area contributed by atoms with Crippen LogP contribution in [0.3, 0.4) is 0 Å². The Bertz CT molecular complexity index is 381. The lowest BCUT2D eigenvalue weighted by molar-refractivity contribution is -0.133. The Kier molecular flexibility index (Phi) is 3.56. The average Bonchev–Trinajstić information content (AvgIpc) is 2.77. The third-order valence-electron chi connectivity index (χ3n) is 2.76. The number of nitrogens with zero attached hydrogens (tertiary/aromatic N) is 3. The molecule has 92 valence electrons. The van der Waals surface area contributed by atoms with E-state index in [0.717, 1.165) is 13.0 Å². The Balaban J connectivity index is 1.88. The number of aromatic nitrogens is 2. The summed E-state index contributed by atoms with van der Waals surface area (Å²) in [6.45, 7) is 5.22. The standard InChI is InChI=1S/C12H17N3O2/c1-9(2)11(16)15-7-4-10(8-15)17-12-13-5-3-6-14-12/h3,5-6,9-10H,4,7-8H2,1-2H3/t10-/m0/s1. The molecule has 5 heteroatoms. The van der Waals surface area contributed by atoms with Gasteiger partial charge in [0, 0.05) is 31.3 Å². The fourth-order valence-corrected chi connectivity index (χ4v) is 1.89. The van der Waals surface area contributed by atoms with E-state index in [-0.39, 0.29) is 17.9 Å². The summed E-state index contributed by atoms with van der Waals surface area (Å²) in [5.41, 5.74) is 0. The summed E-state index contributed by atoms with van der Waals surface area (Å²) in [6.07, 6.45) is 4.15. The molecule has 2 heterocycles. The molecule has 1 amide bonds. The molecule has 1 saturated heterocycles. The fraction of sp³-hybridized carbons (Fsp3) is 0.583. The van der Waals surface area contributed by atoms with Crippen LogP contribution in [0.1, 0.15) is 20.3 Å². The Labute approximate surface area is 101 Å². The zero-order valence-corrected chi connectivity index (χ0v) is 10.2. The largest absolute Gasteiger partial charge is 0.458 e. The van der Waals surface area contributed by atoms with E-state index in [1.165, 1.54) is 0 Å². The van der Waals surface area contributed by atoms with Gasteiger partial charge in [0.25, 0.3) is 0 Å². The van der Waals surface area contributed by atoms with Crippen LogP contribution in [0.4, 0.5) is 0 Å². The predicted molar refractivity (Wildman–Crippen MR) is 62.5 cm³/mol. The number of likely N-dealkylation sites (tertiary alicyclic amines) is 1. The molecule has 1 fully saturated rings. The van der Waals surface area contributed by atoms with Crippen LogP contribution in [0.15, 0.2) is 18.5 Å². The number of hydrogen-bond acceptors (Lipinski definition) is 4. The van der Waals surface area contributed by atoms with Gasteiger partial charge in [0.05, 0.1) is 6.54 Å². The van der Waals surface area contributed by atoms with Gasteiger partial charge in [-0.25, -0.2) is 9.97 Å². The molecule has 1 aromatic heterocycles. The maximum absolute atomic E-state index is 11.8. The van der Waals surface area contributed by atoms with Gasteiger partial charge in [-0.05, 0) is 6.07 Å². The second-order valence-corrected chi connectivity index (χ2v) is 4.50. The van der Waals surface area contributed by atoms with Crippen molar-refractivity contribution in [3.8, 4) is 6.01 Å². The number of hydrogen-bond donors (Lipinski definition) is 0. The minimum absolute atomic E-state index is 0.0140. The molecule has 0 bridgehead atoms. The van der Waals surface area contributed by atoms with Gasteiger partial charge in [-0.15, -0.1) is 0 Å². The quantitative estimate of drug-likeness (QED) is 0.787. The van der Waals surface area contributed by atoms with Gasteiger partial charge in [-0.3, -0.25) is 4.79 Å². The van der Waals surface area contributed by atoms with Crippen LogP contribution in [0.2, 0.25) is 0 Å². The molecule has 0 aromatic carbocycles. The Hall–Kier alpha value is -1.65. The highest BCUT2D eigenvalue weighted by atomic mass is 16.5. The van der Waals surface area contributed by atoms with E-state index in [4.69, 9.17) is 4.74 Å². The molecule has 0 aliphatic carbocycles. The van der Waals surface area contributed by atoms with E-state index in [9.17, 15) is 4.79 Å². The van der Waals surface area contributed by atoms with Gasteiger partial charge in [0.15, 0.2) is 0 Å². The van der Waals surface area contributed by atoms with Crippen molar-refractivity contribution in [3.63, 3.8) is 0 Å². The van der Waals surface area contributed by atoms with Crippen molar-refractivity contribution in [2.24, 2.45) is 5.92 Å². The van der Waals surface area contributed by atoms with Crippen LogP contribution in [0.25, 0.3) is 0 Å². The molecular formula is C12H17N3O2. The van der Waals surface area contributed by atoms with Gasteiger partial charge in [-0.1, -0.05) is 13.8 Å². The van der Waals surface area contributed by atoms with E-state index in [2.05, 4.69) is 9.97 Å². The number of rotatable bonds is 3. The van der Waals surface area contributed by atoms with Crippen LogP contribution in [0.5, 0.6) is 6.01 Å². The molecule has 0 unspecified atom stereocenters. The third kappa shape index (κ3) is 2.93. The van der Waals surface area contributed by atoms with E-state index in [1.807, 2.05) is 18.7 Å². The summed E-state index contributed by atoms with van der Waals surface area (Å²) in [6, 6.07) is 2.13. The third-order valence-corrected chi connectivity index (χ3v) is 2.76. The van der Waals surface area contributed by atoms with Crippen LogP contribution < -0.4 is 4.74 Å². The predicted octanol–water partition coefficient (Wildman–Crippen LogP) is 1.11. The van der Waals surface area contributed by atoms with Gasteiger partial charge < -0.3 is 9.64 Å². The first-order valence-corrected chi connectivity index (χ1v) is 5.89. The number of ether oxygens (including phenoxy) is 1. The van der Waals surface area contributed by atoms with Gasteiger partial charge in [-0.2, -0.15) is 0 Å². The maximum atomic E-state index is 11.8. The highest BCUT2D eigenvalue weighted by molar-refractivity contribution is 5.78. The Morgan fingerprint density at radius 1 is 1.47 bits per heavy atom. The molecule has 0 N–H and O–H groups in total. The Morgan fingerprint density at radius 2 is 2.18 bits per heavy atom. The molecule has 0 saturated carbocycles. The highest BCUT2D eigenvalue weighted by Crippen LogP contribution is 2.16. The lowest BCUT2D eigenvalue weighted by atomic mass is 10.2. The molecule has 0 radical (unpaired) electrons. The zero-order valence-electron chi connectivity index (χ0n) is 10.2. The smallest absolute Gasteiger partial charge is 0.316 e. The minimum atomic E-state index is 0.0140. The molecular weight excluding hydrogens is 218 g/mol. The summed E-state index contributed by atoms with van der Waals surface area (Å²) >= 11 is 0. The average molecular weight is 235 g/mol. The van der Waals surface area contributed by atoms with E-state index >= 15 is 0 Å². The highest BCUT2D eigenvalue weighted by Gasteiger charge is 2.29. The first-order chi connectivity index (χ1) is 8.16. The van der Waals surface area contributed by atoms with E-state index in [1.54, 1.807) is 18.5 Å². The van der Waals surface area contributed by atoms with Crippen molar-refractivity contribution >= 4 is 5.91 Å². The second-order valence-electron chi connectivity index (χ2n) is 4.50. The van der Waals surface area contributed by atoms with Crippen LogP contribution in [-0.4, -0.2) is 40.0 Å². The molecule has 1 atom stereocenters. The van der Waals surface area contributed by atoms with Crippen molar-refractivity contribution in [2.75, 3.05) is 13.1 Å². The molecule has 1 aliphatic rings. The monoisotopic (exact) mass is 235 g/mol. The van der Waals surface area contributed by atoms with E-state index < -0.39 is 0 Å². The molecule has 2 rings (SSSR count). The Morgan fingerprint density at radius 3 is 2.82 bits per heavy atom. The van der Waals surface area contributed by atoms with Crippen LogP contribution in [0, 0.1) is 5.92 Å². The van der Waals surface area contributed by atoms with Crippen molar-refractivity contribution in [2.45, 2.75) is 26.4 Å². The van der Waals surface area contributed by atoms with Crippen molar-refractivity contribution in [1.82, 2.24) is 14.9 Å². The lowest BCUT2D eigenvalue weighted by Gasteiger charge is -2.18. The zero-order chi connectivity index (χ0) is 12.3. The summed E-state index contributed by atoms with van der Waals surface area (Å²) in [7, 11) is 0. The summed E-state index contributed by atoms with van der Waals surface area (Å²) < 4.78 is 5.62. The number of carbonyl (C=O) groups excluding carboxylic acids is 1. The first kappa shape index (κ1) is 11.8. The van der Waals surface area contributed by atoms with Crippen molar-refractivity contribution in [1.29, 1.82) is 0 Å². The SMILES string of the molecule is CC(C)C(=O)N1CC[C@H](Oc2ncccn2)C1. The second kappa shape index (κ2) is 5.12. The molecule has 0 spiro atoms. The van der Waals surface area contributed by atoms with E-state index in [0.29, 0.717) is 12.6 Å². The van der Waals surface area contributed by atoms with Gasteiger partial charge >= 0.3 is 6.01 Å². The normalized spacial score (nSPS) is 19.7. The van der Waals surface area contributed by atoms with Crippen molar-refractivity contribution in [3.05, 3.63) is 18.5 Å². The molecule has 5 nitrogen and oxygen atoms in total. The van der Waals surface area contributed by atoms with Gasteiger partial charge in [0.1, 0.15) is 6.10 Å². The van der Waals surface area contributed by atoms with Gasteiger partial charge in [0.2, 0.25) is 5.91 Å². The maximum Gasteiger partial charge on any atom is 0.316 e. The summed E-state index contributed by atoms with van der Waals surface area (Å²) in [5, 5.41) is 0. The van der Waals surface area contributed by atoms with Crippen molar-refractivity contribution < 1.29 is 9.53 Å². The topological polar surface area (TPSA) is 55.3 Å². The number of amides is 1. The van der Waals surface area contributed by atoms with Crippen LogP contribution in [-0.2, 0) is 4.79 Å². The molecule has 1 aromatic rings. The molecule has 17 heavy (non-hydrogen) atoms. The first-order valence-electron chi connectivity index (χ1n) is 5.89. The van der Waals surface area contributed by atoms with Crippen LogP contribution >= 0.6 is 0 Å². The summed E-state index contributed by atoms with van der Waals surface area (Å²) in [5.74, 6) is 0.229. The fourth-order valence-electron chi connectivity index (χ4n) is 1.89. The molecule has 1 aliphatic heterocycles. The lowest BCUT2D eigenvalue weighted by Crippen LogP contribution is -2.33. The summed E-state index contributed by atoms with van der Waals surface area (Å²) in [4.78, 5) is 21.6. The minimum Gasteiger partial charge on any atom is -0.458 e. The number of carbonyl (C=O) groups is 1.